The third-order valence-electron chi connectivity index (χ3n) is 3.29. The van der Waals surface area contributed by atoms with Crippen LogP contribution in [0.2, 0.25) is 0 Å². The lowest BCUT2D eigenvalue weighted by Crippen LogP contribution is -2.27. The molecule has 1 unspecified atom stereocenters. The van der Waals surface area contributed by atoms with Crippen LogP contribution in [0.15, 0.2) is 36.1 Å². The Balaban J connectivity index is 2.29. The van der Waals surface area contributed by atoms with E-state index in [0.717, 1.165) is 31.6 Å². The molecular formula is C16H21F2NO2. The minimum Gasteiger partial charge on any atom is -0.496 e. The van der Waals surface area contributed by atoms with Crippen molar-refractivity contribution in [2.75, 3.05) is 13.2 Å². The molecule has 2 rings (SSSR count). The summed E-state index contributed by atoms with van der Waals surface area (Å²) in [6.07, 6.45) is 4.90. The molecule has 0 aliphatic carbocycles. The summed E-state index contributed by atoms with van der Waals surface area (Å²) in [5.74, 6) is 0.983. The van der Waals surface area contributed by atoms with Crippen LogP contribution < -0.4 is 10.1 Å². The Morgan fingerprint density at radius 2 is 2.14 bits per heavy atom. The molecule has 116 valence electrons. The van der Waals surface area contributed by atoms with Crippen molar-refractivity contribution < 1.29 is 18.3 Å². The van der Waals surface area contributed by atoms with E-state index in [9.17, 15) is 8.78 Å². The molecule has 5 heteroatoms. The zero-order chi connectivity index (χ0) is 15.1. The number of hydrogen-bond acceptors (Lipinski definition) is 3. The van der Waals surface area contributed by atoms with Crippen LogP contribution in [0.4, 0.5) is 8.78 Å². The second-order valence-corrected chi connectivity index (χ2v) is 4.90. The molecule has 0 saturated carbocycles. The zero-order valence-electron chi connectivity index (χ0n) is 12.1. The van der Waals surface area contributed by atoms with Gasteiger partial charge in [0, 0.05) is 5.56 Å². The van der Waals surface area contributed by atoms with Gasteiger partial charge in [0.05, 0.1) is 12.6 Å². The predicted octanol–water partition coefficient (Wildman–Crippen LogP) is 4.02. The monoisotopic (exact) mass is 297 g/mol. The number of para-hydroxylation sites is 1. The zero-order valence-corrected chi connectivity index (χ0v) is 12.1. The number of rotatable bonds is 7. The molecule has 1 aromatic rings. The van der Waals surface area contributed by atoms with E-state index in [1.54, 1.807) is 18.2 Å². The molecule has 0 bridgehead atoms. The number of nitrogens with one attached hydrogen (secondary N) is 1. The van der Waals surface area contributed by atoms with E-state index in [4.69, 9.17) is 4.74 Å². The van der Waals surface area contributed by atoms with Gasteiger partial charge in [0.1, 0.15) is 11.5 Å². The van der Waals surface area contributed by atoms with Gasteiger partial charge in [-0.1, -0.05) is 25.1 Å². The lowest BCUT2D eigenvalue weighted by molar-refractivity contribution is -0.0508. The number of ether oxygens (including phenoxy) is 2. The number of halogens is 2. The summed E-state index contributed by atoms with van der Waals surface area (Å²) in [7, 11) is 0. The average molecular weight is 297 g/mol. The van der Waals surface area contributed by atoms with Crippen molar-refractivity contribution in [3.05, 3.63) is 41.7 Å². The standard InChI is InChI=1S/C16H21F2NO2/c1-2-10-19-15(14-9-5-6-11-20-14)12-7-3-4-8-13(12)21-16(17)18/h3-4,7-9,15-16,19H,2,5-6,10-11H2,1H3. The third-order valence-corrected chi connectivity index (χ3v) is 3.29. The van der Waals surface area contributed by atoms with Gasteiger partial charge in [-0.3, -0.25) is 0 Å². The number of hydrogen-bond donors (Lipinski definition) is 1. The molecule has 3 nitrogen and oxygen atoms in total. The van der Waals surface area contributed by atoms with Crippen molar-refractivity contribution in [2.45, 2.75) is 38.8 Å². The largest absolute Gasteiger partial charge is 0.496 e. The molecule has 1 N–H and O–H groups in total. The second-order valence-electron chi connectivity index (χ2n) is 4.90. The Morgan fingerprint density at radius 1 is 1.33 bits per heavy atom. The molecule has 1 aliphatic rings. The van der Waals surface area contributed by atoms with E-state index < -0.39 is 6.61 Å². The molecule has 0 radical (unpaired) electrons. The first kappa shape index (κ1) is 15.8. The topological polar surface area (TPSA) is 30.5 Å². The highest BCUT2D eigenvalue weighted by Gasteiger charge is 2.23. The van der Waals surface area contributed by atoms with Gasteiger partial charge < -0.3 is 14.8 Å². The maximum atomic E-state index is 12.6. The van der Waals surface area contributed by atoms with Gasteiger partial charge in [0.2, 0.25) is 0 Å². The Kier molecular flexibility index (Phi) is 5.99. The van der Waals surface area contributed by atoms with Gasteiger partial charge in [-0.25, -0.2) is 0 Å². The van der Waals surface area contributed by atoms with E-state index in [-0.39, 0.29) is 11.8 Å². The van der Waals surface area contributed by atoms with Crippen LogP contribution in [-0.4, -0.2) is 19.8 Å². The lowest BCUT2D eigenvalue weighted by Gasteiger charge is -2.26. The summed E-state index contributed by atoms with van der Waals surface area (Å²) in [5, 5.41) is 3.35. The van der Waals surface area contributed by atoms with Crippen LogP contribution in [0.5, 0.6) is 5.75 Å². The van der Waals surface area contributed by atoms with Crippen LogP contribution in [-0.2, 0) is 4.74 Å². The molecule has 1 atom stereocenters. The Bertz CT molecular complexity index is 477. The first-order valence-electron chi connectivity index (χ1n) is 7.32. The molecule has 0 fully saturated rings. The Labute approximate surface area is 123 Å². The smallest absolute Gasteiger partial charge is 0.387 e. The van der Waals surface area contributed by atoms with Gasteiger partial charge >= 0.3 is 6.61 Å². The number of benzene rings is 1. The van der Waals surface area contributed by atoms with Crippen LogP contribution >= 0.6 is 0 Å². The lowest BCUT2D eigenvalue weighted by atomic mass is 10.0. The molecule has 0 aromatic heterocycles. The molecule has 1 aliphatic heterocycles. The fourth-order valence-corrected chi connectivity index (χ4v) is 2.35. The van der Waals surface area contributed by atoms with Crippen LogP contribution in [0.3, 0.4) is 0 Å². The SMILES string of the molecule is CCCNC(C1=CCCCO1)c1ccccc1OC(F)F. The maximum absolute atomic E-state index is 12.6. The van der Waals surface area contributed by atoms with Gasteiger partial charge in [-0.15, -0.1) is 0 Å². The first-order valence-corrected chi connectivity index (χ1v) is 7.32. The minimum atomic E-state index is -2.83. The van der Waals surface area contributed by atoms with Crippen molar-refractivity contribution >= 4 is 0 Å². The minimum absolute atomic E-state index is 0.191. The molecule has 0 amide bonds. The van der Waals surface area contributed by atoms with Crippen LogP contribution in [0.25, 0.3) is 0 Å². The fraction of sp³-hybridized carbons (Fsp3) is 0.500. The Hall–Kier alpha value is -1.62. The average Bonchev–Trinajstić information content (AvgIpc) is 2.50. The van der Waals surface area contributed by atoms with Gasteiger partial charge in [-0.2, -0.15) is 8.78 Å². The van der Waals surface area contributed by atoms with Crippen molar-refractivity contribution in [1.82, 2.24) is 5.32 Å². The highest BCUT2D eigenvalue weighted by molar-refractivity contribution is 5.39. The van der Waals surface area contributed by atoms with Crippen molar-refractivity contribution in [1.29, 1.82) is 0 Å². The van der Waals surface area contributed by atoms with E-state index in [1.165, 1.54) is 0 Å². The maximum Gasteiger partial charge on any atom is 0.387 e. The van der Waals surface area contributed by atoms with Crippen molar-refractivity contribution in [2.24, 2.45) is 0 Å². The number of alkyl halides is 2. The van der Waals surface area contributed by atoms with Gasteiger partial charge in [-0.05, 0) is 37.9 Å². The second kappa shape index (κ2) is 7.98. The van der Waals surface area contributed by atoms with E-state index in [1.807, 2.05) is 12.1 Å². The summed E-state index contributed by atoms with van der Waals surface area (Å²) < 4.78 is 35.5. The summed E-state index contributed by atoms with van der Waals surface area (Å²) >= 11 is 0. The van der Waals surface area contributed by atoms with Gasteiger partial charge in [0.25, 0.3) is 0 Å². The van der Waals surface area contributed by atoms with Crippen molar-refractivity contribution in [3.8, 4) is 5.75 Å². The first-order chi connectivity index (χ1) is 10.2. The highest BCUT2D eigenvalue weighted by Crippen LogP contribution is 2.33. The van der Waals surface area contributed by atoms with E-state index in [0.29, 0.717) is 12.2 Å². The Morgan fingerprint density at radius 3 is 2.81 bits per heavy atom. The molecular weight excluding hydrogens is 276 g/mol. The van der Waals surface area contributed by atoms with Crippen molar-refractivity contribution in [3.63, 3.8) is 0 Å². The summed E-state index contributed by atoms with van der Waals surface area (Å²) in [4.78, 5) is 0. The molecule has 1 aromatic carbocycles. The summed E-state index contributed by atoms with van der Waals surface area (Å²) in [5.41, 5.74) is 0.680. The van der Waals surface area contributed by atoms with E-state index in [2.05, 4.69) is 17.0 Å². The highest BCUT2D eigenvalue weighted by atomic mass is 19.3. The fourth-order valence-electron chi connectivity index (χ4n) is 2.35. The predicted molar refractivity (Wildman–Crippen MR) is 77.4 cm³/mol. The normalized spacial score (nSPS) is 16.3. The quantitative estimate of drug-likeness (QED) is 0.824. The van der Waals surface area contributed by atoms with Crippen LogP contribution in [0.1, 0.15) is 37.8 Å². The summed E-state index contributed by atoms with van der Waals surface area (Å²) in [6, 6.07) is 6.61. The van der Waals surface area contributed by atoms with E-state index >= 15 is 0 Å². The molecule has 0 spiro atoms. The summed E-state index contributed by atoms with van der Waals surface area (Å²) in [6.45, 7) is 0.656. The third kappa shape index (κ3) is 4.43. The molecule has 1 heterocycles. The molecule has 0 saturated heterocycles. The van der Waals surface area contributed by atoms with Crippen LogP contribution in [0, 0.1) is 0 Å². The molecule has 21 heavy (non-hydrogen) atoms. The van der Waals surface area contributed by atoms with Gasteiger partial charge in [0.15, 0.2) is 0 Å². The number of allylic oxidation sites excluding steroid dienone is 1.